The van der Waals surface area contributed by atoms with Crippen LogP contribution in [-0.4, -0.2) is 37.1 Å². The molecule has 6 nitrogen and oxygen atoms in total. The van der Waals surface area contributed by atoms with Crippen molar-refractivity contribution in [3.8, 4) is 0 Å². The minimum atomic E-state index is -1.30. The summed E-state index contributed by atoms with van der Waals surface area (Å²) in [6.07, 6.45) is 0.0281. The van der Waals surface area contributed by atoms with Crippen LogP contribution in [0, 0.1) is 0 Å². The van der Waals surface area contributed by atoms with Crippen LogP contribution in [0.4, 0.5) is 11.4 Å². The Balaban J connectivity index is 1.82. The summed E-state index contributed by atoms with van der Waals surface area (Å²) in [4.78, 5) is 39.8. The summed E-state index contributed by atoms with van der Waals surface area (Å²) in [6.45, 7) is 0. The lowest BCUT2D eigenvalue weighted by Gasteiger charge is -2.18. The Hall–Kier alpha value is -2.80. The molecule has 0 bridgehead atoms. The van der Waals surface area contributed by atoms with E-state index in [1.807, 2.05) is 31.1 Å². The quantitative estimate of drug-likeness (QED) is 0.744. The number of rotatable bonds is 5. The monoisotopic (exact) mass is 369 g/mol. The van der Waals surface area contributed by atoms with E-state index in [2.05, 4.69) is 0 Å². The molecule has 0 spiro atoms. The number of aromatic carboxylic acids is 1. The summed E-state index contributed by atoms with van der Waals surface area (Å²) in [5.41, 5.74) is 1.50. The number of carboxylic acid groups (broad SMARTS) is 1. The molecule has 0 aromatic heterocycles. The van der Waals surface area contributed by atoms with E-state index < -0.39 is 11.2 Å². The third-order valence-electron chi connectivity index (χ3n) is 4.11. The summed E-state index contributed by atoms with van der Waals surface area (Å²) >= 11 is 1.08. The lowest BCUT2D eigenvalue weighted by Crippen LogP contribution is -2.31. The van der Waals surface area contributed by atoms with E-state index >= 15 is 0 Å². The van der Waals surface area contributed by atoms with Gasteiger partial charge in [0.2, 0.25) is 11.8 Å². The van der Waals surface area contributed by atoms with Crippen molar-refractivity contribution >= 4 is 40.9 Å². The van der Waals surface area contributed by atoms with Crippen molar-refractivity contribution in [1.29, 1.82) is 0 Å². The zero-order valence-corrected chi connectivity index (χ0v) is 15.2. The second-order valence-corrected chi connectivity index (χ2v) is 7.32. The van der Waals surface area contributed by atoms with Gasteiger partial charge in [0, 0.05) is 36.7 Å². The van der Waals surface area contributed by atoms with Gasteiger partial charge in [-0.1, -0.05) is 18.2 Å². The number of carbonyl (C=O) groups is 3. The lowest BCUT2D eigenvalue weighted by molar-refractivity contribution is -0.255. The lowest BCUT2D eigenvalue weighted by atomic mass is 10.2. The van der Waals surface area contributed by atoms with Crippen molar-refractivity contribution in [2.24, 2.45) is 0 Å². The topological polar surface area (TPSA) is 80.8 Å². The molecule has 2 aromatic rings. The number of thioether (sulfide) groups is 1. The molecule has 1 aliphatic heterocycles. The van der Waals surface area contributed by atoms with E-state index in [9.17, 15) is 19.5 Å². The molecule has 1 aliphatic rings. The first-order valence-corrected chi connectivity index (χ1v) is 8.87. The van der Waals surface area contributed by atoms with Gasteiger partial charge in [-0.25, -0.2) is 4.90 Å². The van der Waals surface area contributed by atoms with Crippen LogP contribution in [-0.2, 0) is 9.59 Å². The molecule has 26 heavy (non-hydrogen) atoms. The Morgan fingerprint density at radius 1 is 1.12 bits per heavy atom. The van der Waals surface area contributed by atoms with Gasteiger partial charge in [0.15, 0.2) is 0 Å². The van der Waals surface area contributed by atoms with Crippen molar-refractivity contribution in [1.82, 2.24) is 0 Å². The summed E-state index contributed by atoms with van der Waals surface area (Å²) in [5, 5.41) is 10.6. The minimum absolute atomic E-state index is 0.0199. The zero-order valence-electron chi connectivity index (χ0n) is 14.3. The van der Waals surface area contributed by atoms with Gasteiger partial charge in [-0.15, -0.1) is 11.8 Å². The normalized spacial score (nSPS) is 16.8. The van der Waals surface area contributed by atoms with E-state index in [-0.39, 0.29) is 23.8 Å². The van der Waals surface area contributed by atoms with E-state index in [4.69, 9.17) is 0 Å². The Morgan fingerprint density at radius 2 is 1.77 bits per heavy atom. The van der Waals surface area contributed by atoms with Crippen molar-refractivity contribution in [3.63, 3.8) is 0 Å². The molecule has 0 unspecified atom stereocenters. The van der Waals surface area contributed by atoms with Crippen LogP contribution in [0.5, 0.6) is 0 Å². The molecule has 7 heteroatoms. The van der Waals surface area contributed by atoms with Gasteiger partial charge in [0.05, 0.1) is 16.9 Å². The van der Waals surface area contributed by atoms with Gasteiger partial charge in [0.25, 0.3) is 0 Å². The Morgan fingerprint density at radius 3 is 2.38 bits per heavy atom. The minimum Gasteiger partial charge on any atom is -0.545 e. The highest BCUT2D eigenvalue weighted by atomic mass is 32.2. The second kappa shape index (κ2) is 7.21. The first kappa shape index (κ1) is 18.0. The number of anilines is 2. The summed E-state index contributed by atoms with van der Waals surface area (Å²) in [7, 11) is 3.81. The van der Waals surface area contributed by atoms with Crippen LogP contribution in [0.15, 0.2) is 53.4 Å². The van der Waals surface area contributed by atoms with Crippen LogP contribution >= 0.6 is 11.8 Å². The molecule has 0 saturated carbocycles. The van der Waals surface area contributed by atoms with Crippen LogP contribution < -0.4 is 14.9 Å². The summed E-state index contributed by atoms with van der Waals surface area (Å²) < 4.78 is 0. The highest BCUT2D eigenvalue weighted by Gasteiger charge is 2.40. The standard InChI is InChI=1S/C19H18N2O4S/c1-20(2)12-7-9-13(10-8-12)21-17(22)11-16(18(21)23)26-15-6-4-3-5-14(15)19(24)25/h3-10,16H,11H2,1-2H3,(H,24,25)/p-1/t16-/m0/s1. The van der Waals surface area contributed by atoms with Crippen molar-refractivity contribution in [2.45, 2.75) is 16.6 Å². The molecule has 0 radical (unpaired) electrons. The van der Waals surface area contributed by atoms with E-state index in [1.165, 1.54) is 11.0 Å². The van der Waals surface area contributed by atoms with Crippen LogP contribution in [0.25, 0.3) is 0 Å². The van der Waals surface area contributed by atoms with E-state index in [1.54, 1.807) is 30.3 Å². The fourth-order valence-electron chi connectivity index (χ4n) is 2.76. The predicted octanol–water partition coefficient (Wildman–Crippen LogP) is 1.54. The van der Waals surface area contributed by atoms with E-state index in [0.29, 0.717) is 10.6 Å². The molecule has 134 valence electrons. The smallest absolute Gasteiger partial charge is 0.247 e. The van der Waals surface area contributed by atoms with Gasteiger partial charge in [-0.3, -0.25) is 9.59 Å². The highest BCUT2D eigenvalue weighted by molar-refractivity contribution is 8.00. The molecule has 1 fully saturated rings. The van der Waals surface area contributed by atoms with Crippen molar-refractivity contribution in [2.75, 3.05) is 23.9 Å². The van der Waals surface area contributed by atoms with E-state index in [0.717, 1.165) is 17.4 Å². The number of carbonyl (C=O) groups excluding carboxylic acids is 3. The largest absolute Gasteiger partial charge is 0.545 e. The third kappa shape index (κ3) is 3.43. The molecule has 1 saturated heterocycles. The highest BCUT2D eigenvalue weighted by Crippen LogP contribution is 2.35. The van der Waals surface area contributed by atoms with Gasteiger partial charge in [-0.2, -0.15) is 0 Å². The number of amides is 2. The summed E-state index contributed by atoms with van der Waals surface area (Å²) in [5.74, 6) is -1.94. The number of carboxylic acids is 1. The maximum atomic E-state index is 12.7. The molecule has 2 aromatic carbocycles. The van der Waals surface area contributed by atoms with Gasteiger partial charge in [0.1, 0.15) is 0 Å². The molecular formula is C19H17N2O4S-. The van der Waals surface area contributed by atoms with Crippen LogP contribution in [0.3, 0.4) is 0 Å². The summed E-state index contributed by atoms with van der Waals surface area (Å²) in [6, 6.07) is 13.5. The average molecular weight is 369 g/mol. The number of hydrogen-bond acceptors (Lipinski definition) is 6. The predicted molar refractivity (Wildman–Crippen MR) is 98.3 cm³/mol. The van der Waals surface area contributed by atoms with Gasteiger partial charge in [-0.05, 0) is 30.3 Å². The van der Waals surface area contributed by atoms with Crippen LogP contribution in [0.1, 0.15) is 16.8 Å². The molecule has 1 heterocycles. The fraction of sp³-hybridized carbons (Fsp3) is 0.211. The van der Waals surface area contributed by atoms with Gasteiger partial charge < -0.3 is 14.8 Å². The molecule has 0 N–H and O–H groups in total. The Labute approximate surface area is 155 Å². The number of benzene rings is 2. The first-order chi connectivity index (χ1) is 12.4. The van der Waals surface area contributed by atoms with Crippen LogP contribution in [0.2, 0.25) is 0 Å². The second-order valence-electron chi connectivity index (χ2n) is 6.07. The maximum Gasteiger partial charge on any atom is 0.247 e. The van der Waals surface area contributed by atoms with Crippen molar-refractivity contribution in [3.05, 3.63) is 54.1 Å². The number of hydrogen-bond donors (Lipinski definition) is 0. The molecule has 0 aliphatic carbocycles. The molecule has 1 atom stereocenters. The average Bonchev–Trinajstić information content (AvgIpc) is 2.89. The molecule has 2 amide bonds. The maximum absolute atomic E-state index is 12.7. The molecular weight excluding hydrogens is 352 g/mol. The fourth-order valence-corrected chi connectivity index (χ4v) is 3.93. The number of nitrogens with zero attached hydrogens (tertiary/aromatic N) is 2. The Kier molecular flexibility index (Phi) is 4.99. The van der Waals surface area contributed by atoms with Gasteiger partial charge >= 0.3 is 0 Å². The Bertz CT molecular complexity index is 864. The van der Waals surface area contributed by atoms with Crippen molar-refractivity contribution < 1.29 is 19.5 Å². The third-order valence-corrected chi connectivity index (χ3v) is 5.37. The zero-order chi connectivity index (χ0) is 18.8. The number of imide groups is 1. The first-order valence-electron chi connectivity index (χ1n) is 7.99. The molecule has 3 rings (SSSR count). The SMILES string of the molecule is CN(C)c1ccc(N2C(=O)C[C@H](Sc3ccccc3C(=O)[O-])C2=O)cc1.